The number of carbonyl (C=O) groups is 3. The van der Waals surface area contributed by atoms with E-state index in [0.717, 1.165) is 5.56 Å². The number of nitrogens with one attached hydrogen (secondary N) is 2. The molecule has 0 fully saturated rings. The van der Waals surface area contributed by atoms with Crippen LogP contribution in [0.25, 0.3) is 6.08 Å². The number of rotatable bonds is 5. The van der Waals surface area contributed by atoms with Crippen molar-refractivity contribution in [2.75, 3.05) is 17.7 Å². The molecule has 0 aliphatic rings. The van der Waals surface area contributed by atoms with Crippen LogP contribution in [0.5, 0.6) is 0 Å². The highest BCUT2D eigenvalue weighted by molar-refractivity contribution is 6.02. The Bertz CT molecular complexity index is 793. The molecule has 2 aromatic rings. The van der Waals surface area contributed by atoms with Crippen LogP contribution in [-0.4, -0.2) is 24.9 Å². The molecular formula is C19H18N2O4. The predicted octanol–water partition coefficient (Wildman–Crippen LogP) is 3.08. The standard InChI is InChI=1S/C19H18N2O4/c1-13(22)20-16-8-3-14(4-9-16)5-12-18(23)21-17-10-6-15(7-11-17)19(24)25-2/h3-12H,1-2H3,(H,20,22)(H,21,23)/b12-5+. The maximum absolute atomic E-state index is 11.9. The van der Waals surface area contributed by atoms with Crippen LogP contribution in [0.2, 0.25) is 0 Å². The van der Waals surface area contributed by atoms with Crippen LogP contribution >= 0.6 is 0 Å². The van der Waals surface area contributed by atoms with Crippen molar-refractivity contribution in [2.45, 2.75) is 6.92 Å². The molecule has 0 atom stereocenters. The molecule has 128 valence electrons. The minimum Gasteiger partial charge on any atom is -0.465 e. The highest BCUT2D eigenvalue weighted by atomic mass is 16.5. The Balaban J connectivity index is 1.94. The van der Waals surface area contributed by atoms with Crippen molar-refractivity contribution in [2.24, 2.45) is 0 Å². The normalized spacial score (nSPS) is 10.3. The molecule has 0 saturated carbocycles. The molecule has 0 aliphatic carbocycles. The van der Waals surface area contributed by atoms with Crippen LogP contribution in [0, 0.1) is 0 Å². The molecule has 0 spiro atoms. The first-order valence-corrected chi connectivity index (χ1v) is 7.53. The zero-order chi connectivity index (χ0) is 18.2. The van der Waals surface area contributed by atoms with Gasteiger partial charge < -0.3 is 15.4 Å². The van der Waals surface area contributed by atoms with E-state index in [2.05, 4.69) is 15.4 Å². The van der Waals surface area contributed by atoms with Gasteiger partial charge in [-0.25, -0.2) is 4.79 Å². The van der Waals surface area contributed by atoms with Gasteiger partial charge in [0.05, 0.1) is 12.7 Å². The first-order chi connectivity index (χ1) is 12.0. The van der Waals surface area contributed by atoms with Crippen molar-refractivity contribution in [3.05, 3.63) is 65.7 Å². The molecule has 6 nitrogen and oxygen atoms in total. The van der Waals surface area contributed by atoms with Gasteiger partial charge in [-0.3, -0.25) is 9.59 Å². The summed E-state index contributed by atoms with van der Waals surface area (Å²) in [5.74, 6) is -0.863. The largest absolute Gasteiger partial charge is 0.465 e. The molecule has 2 N–H and O–H groups in total. The smallest absolute Gasteiger partial charge is 0.337 e. The quantitative estimate of drug-likeness (QED) is 0.648. The molecule has 0 aliphatic heterocycles. The molecule has 0 radical (unpaired) electrons. The fourth-order valence-electron chi connectivity index (χ4n) is 2.04. The average molecular weight is 338 g/mol. The van der Waals surface area contributed by atoms with Gasteiger partial charge in [-0.2, -0.15) is 0 Å². The summed E-state index contributed by atoms with van der Waals surface area (Å²) in [7, 11) is 1.31. The minimum atomic E-state index is -0.430. The average Bonchev–Trinajstić information content (AvgIpc) is 2.60. The fraction of sp³-hybridized carbons (Fsp3) is 0.105. The molecule has 25 heavy (non-hydrogen) atoms. The van der Waals surface area contributed by atoms with E-state index < -0.39 is 5.97 Å². The lowest BCUT2D eigenvalue weighted by atomic mass is 10.2. The summed E-state index contributed by atoms with van der Waals surface area (Å²) >= 11 is 0. The Morgan fingerprint density at radius 2 is 1.44 bits per heavy atom. The number of hydrogen-bond acceptors (Lipinski definition) is 4. The molecule has 0 saturated heterocycles. The topological polar surface area (TPSA) is 84.5 Å². The number of ether oxygens (including phenoxy) is 1. The number of carbonyl (C=O) groups excluding carboxylic acids is 3. The van der Waals surface area contributed by atoms with E-state index in [1.165, 1.54) is 20.1 Å². The summed E-state index contributed by atoms with van der Waals surface area (Å²) in [6, 6.07) is 13.5. The summed E-state index contributed by atoms with van der Waals surface area (Å²) in [4.78, 5) is 34.2. The van der Waals surface area contributed by atoms with Crippen LogP contribution in [0.15, 0.2) is 54.6 Å². The van der Waals surface area contributed by atoms with Gasteiger partial charge in [-0.1, -0.05) is 12.1 Å². The van der Waals surface area contributed by atoms with Gasteiger partial charge in [0.2, 0.25) is 11.8 Å². The van der Waals surface area contributed by atoms with Crippen LogP contribution in [0.3, 0.4) is 0 Å². The van der Waals surface area contributed by atoms with Crippen molar-refractivity contribution in [1.29, 1.82) is 0 Å². The zero-order valence-corrected chi connectivity index (χ0v) is 13.9. The maximum Gasteiger partial charge on any atom is 0.337 e. The lowest BCUT2D eigenvalue weighted by Gasteiger charge is -2.04. The van der Waals surface area contributed by atoms with Gasteiger partial charge >= 0.3 is 5.97 Å². The Labute approximate surface area is 145 Å². The third-order valence-corrected chi connectivity index (χ3v) is 3.23. The summed E-state index contributed by atoms with van der Waals surface area (Å²) in [5.41, 5.74) is 2.50. The second kappa shape index (κ2) is 8.44. The maximum atomic E-state index is 11.9. The van der Waals surface area contributed by atoms with E-state index in [9.17, 15) is 14.4 Å². The van der Waals surface area contributed by atoms with E-state index in [4.69, 9.17) is 0 Å². The molecule has 0 bridgehead atoms. The van der Waals surface area contributed by atoms with E-state index in [1.54, 1.807) is 54.6 Å². The van der Waals surface area contributed by atoms with Crippen LogP contribution in [0.1, 0.15) is 22.8 Å². The third kappa shape index (κ3) is 5.62. The number of benzene rings is 2. The van der Waals surface area contributed by atoms with E-state index in [1.807, 2.05) is 0 Å². The Morgan fingerprint density at radius 3 is 2.00 bits per heavy atom. The molecule has 2 aromatic carbocycles. The number of amides is 2. The molecule has 0 unspecified atom stereocenters. The minimum absolute atomic E-state index is 0.138. The Morgan fingerprint density at radius 1 is 0.880 bits per heavy atom. The van der Waals surface area contributed by atoms with Crippen molar-refractivity contribution in [3.8, 4) is 0 Å². The molecule has 0 heterocycles. The van der Waals surface area contributed by atoms with E-state index >= 15 is 0 Å². The van der Waals surface area contributed by atoms with E-state index in [-0.39, 0.29) is 11.8 Å². The Kier molecular flexibility index (Phi) is 6.06. The second-order valence-electron chi connectivity index (χ2n) is 5.19. The molecule has 6 heteroatoms. The predicted molar refractivity (Wildman–Crippen MR) is 96.2 cm³/mol. The number of hydrogen-bond donors (Lipinski definition) is 2. The van der Waals surface area contributed by atoms with Gasteiger partial charge in [0, 0.05) is 24.4 Å². The van der Waals surface area contributed by atoms with Crippen molar-refractivity contribution >= 4 is 35.2 Å². The monoisotopic (exact) mass is 338 g/mol. The van der Waals surface area contributed by atoms with Gasteiger partial charge in [-0.05, 0) is 48.0 Å². The van der Waals surface area contributed by atoms with Gasteiger partial charge in [-0.15, -0.1) is 0 Å². The summed E-state index contributed by atoms with van der Waals surface area (Å²) in [6.07, 6.45) is 3.07. The third-order valence-electron chi connectivity index (χ3n) is 3.23. The van der Waals surface area contributed by atoms with Gasteiger partial charge in [0.15, 0.2) is 0 Å². The molecular weight excluding hydrogens is 320 g/mol. The first kappa shape index (κ1) is 17.9. The SMILES string of the molecule is COC(=O)c1ccc(NC(=O)/C=C/c2ccc(NC(C)=O)cc2)cc1. The zero-order valence-electron chi connectivity index (χ0n) is 13.9. The highest BCUT2D eigenvalue weighted by Crippen LogP contribution is 2.12. The number of esters is 1. The highest BCUT2D eigenvalue weighted by Gasteiger charge is 2.05. The van der Waals surface area contributed by atoms with Crippen molar-refractivity contribution in [3.63, 3.8) is 0 Å². The molecule has 2 amide bonds. The van der Waals surface area contributed by atoms with Gasteiger partial charge in [0.25, 0.3) is 0 Å². The van der Waals surface area contributed by atoms with Crippen molar-refractivity contribution in [1.82, 2.24) is 0 Å². The Hall–Kier alpha value is -3.41. The molecule has 2 rings (SSSR count). The van der Waals surface area contributed by atoms with E-state index in [0.29, 0.717) is 16.9 Å². The fourth-order valence-corrected chi connectivity index (χ4v) is 2.04. The lowest BCUT2D eigenvalue weighted by molar-refractivity contribution is -0.114. The number of methoxy groups -OCH3 is 1. The van der Waals surface area contributed by atoms with Crippen molar-refractivity contribution < 1.29 is 19.1 Å². The van der Waals surface area contributed by atoms with Crippen LogP contribution < -0.4 is 10.6 Å². The first-order valence-electron chi connectivity index (χ1n) is 7.53. The summed E-state index contributed by atoms with van der Waals surface area (Å²) in [6.45, 7) is 1.44. The molecule has 0 aromatic heterocycles. The second-order valence-corrected chi connectivity index (χ2v) is 5.19. The van der Waals surface area contributed by atoms with Crippen LogP contribution in [-0.2, 0) is 14.3 Å². The number of anilines is 2. The summed E-state index contributed by atoms with van der Waals surface area (Å²) < 4.78 is 4.61. The van der Waals surface area contributed by atoms with Crippen LogP contribution in [0.4, 0.5) is 11.4 Å². The lowest BCUT2D eigenvalue weighted by Crippen LogP contribution is -2.08. The summed E-state index contributed by atoms with van der Waals surface area (Å²) in [5, 5.41) is 5.37. The van der Waals surface area contributed by atoms with Gasteiger partial charge in [0.1, 0.15) is 0 Å².